The second-order valence-electron chi connectivity index (χ2n) is 3.40. The minimum atomic E-state index is -0.173. The van der Waals surface area contributed by atoms with Crippen LogP contribution >= 0.6 is 12.6 Å². The molecule has 76 valence electrons. The Labute approximate surface area is 90.3 Å². The van der Waals surface area contributed by atoms with Crippen LogP contribution in [0, 0.1) is 0 Å². The van der Waals surface area contributed by atoms with Crippen LogP contribution in [0.15, 0.2) is 30.3 Å². The molecule has 1 atom stereocenters. The highest BCUT2D eigenvalue weighted by atomic mass is 32.1. The molecule has 1 aromatic rings. The van der Waals surface area contributed by atoms with Gasteiger partial charge in [-0.25, -0.2) is 0 Å². The summed E-state index contributed by atoms with van der Waals surface area (Å²) < 4.78 is 0. The van der Waals surface area contributed by atoms with E-state index in [-0.39, 0.29) is 17.6 Å². The molecule has 1 unspecified atom stereocenters. The van der Waals surface area contributed by atoms with Crippen LogP contribution in [0.2, 0.25) is 0 Å². The molecule has 0 saturated carbocycles. The highest BCUT2D eigenvalue weighted by Crippen LogP contribution is 2.19. The lowest BCUT2D eigenvalue weighted by Crippen LogP contribution is -2.28. The summed E-state index contributed by atoms with van der Waals surface area (Å²) in [6.07, 6.45) is 0. The van der Waals surface area contributed by atoms with Crippen molar-refractivity contribution in [3.63, 3.8) is 0 Å². The fraction of sp³-hybridized carbons (Fsp3) is 0.364. The number of nitrogens with zero attached hydrogens (tertiary/aromatic N) is 1. The lowest BCUT2D eigenvalue weighted by molar-refractivity contribution is -0.121. The maximum Gasteiger partial charge on any atom is 0.164 e. The number of carbonyl (C=O) groups is 1. The maximum absolute atomic E-state index is 11.6. The third-order valence-corrected chi connectivity index (χ3v) is 2.40. The van der Waals surface area contributed by atoms with E-state index in [9.17, 15) is 4.79 Å². The van der Waals surface area contributed by atoms with Crippen molar-refractivity contribution < 1.29 is 4.79 Å². The van der Waals surface area contributed by atoms with Gasteiger partial charge in [0.25, 0.3) is 0 Å². The molecule has 0 spiro atoms. The van der Waals surface area contributed by atoms with Gasteiger partial charge in [0.15, 0.2) is 5.78 Å². The lowest BCUT2D eigenvalue weighted by atomic mass is 10.0. The second kappa shape index (κ2) is 5.17. The van der Waals surface area contributed by atoms with Crippen molar-refractivity contribution in [2.45, 2.75) is 6.04 Å². The maximum atomic E-state index is 11.6. The number of Topliss-reactive ketones (excluding diaryl/α,β-unsaturated/α-hetero) is 1. The van der Waals surface area contributed by atoms with Gasteiger partial charge in [-0.1, -0.05) is 30.3 Å². The van der Waals surface area contributed by atoms with Crippen LogP contribution in [0.3, 0.4) is 0 Å². The molecule has 1 aromatic carbocycles. The first-order valence-electron chi connectivity index (χ1n) is 4.51. The first-order chi connectivity index (χ1) is 6.66. The Morgan fingerprint density at radius 2 is 1.93 bits per heavy atom. The highest BCUT2D eigenvalue weighted by Gasteiger charge is 2.20. The molecule has 0 aliphatic carbocycles. The van der Waals surface area contributed by atoms with Gasteiger partial charge in [0, 0.05) is 0 Å². The van der Waals surface area contributed by atoms with Crippen LogP contribution in [0.5, 0.6) is 0 Å². The van der Waals surface area contributed by atoms with Gasteiger partial charge in [-0.2, -0.15) is 12.6 Å². The Kier molecular flexibility index (Phi) is 4.17. The van der Waals surface area contributed by atoms with Crippen molar-refractivity contribution in [3.8, 4) is 0 Å². The summed E-state index contributed by atoms with van der Waals surface area (Å²) in [7, 11) is 3.80. The Bertz CT molecular complexity index is 297. The Hall–Kier alpha value is -0.800. The van der Waals surface area contributed by atoms with E-state index in [1.54, 1.807) is 0 Å². The normalized spacial score (nSPS) is 12.9. The number of hydrogen-bond donors (Lipinski definition) is 1. The molecule has 0 fully saturated rings. The van der Waals surface area contributed by atoms with Crippen molar-refractivity contribution in [2.75, 3.05) is 19.8 Å². The van der Waals surface area contributed by atoms with Crippen LogP contribution in [-0.2, 0) is 4.79 Å². The smallest absolute Gasteiger partial charge is 0.164 e. The Balaban J connectivity index is 2.95. The third kappa shape index (κ3) is 2.59. The lowest BCUT2D eigenvalue weighted by Gasteiger charge is -2.22. The van der Waals surface area contributed by atoms with Gasteiger partial charge in [0.1, 0.15) is 0 Å². The number of likely N-dealkylation sites (N-methyl/N-ethyl adjacent to an activating group) is 1. The second-order valence-corrected chi connectivity index (χ2v) is 3.72. The summed E-state index contributed by atoms with van der Waals surface area (Å²) in [5.74, 6) is 0.405. The van der Waals surface area contributed by atoms with Crippen molar-refractivity contribution >= 4 is 18.4 Å². The standard InChI is InChI=1S/C11H15NOS/c1-12(2)11(10(13)8-14)9-6-4-3-5-7-9/h3-7,11,14H,8H2,1-2H3. The molecule has 0 aromatic heterocycles. The predicted octanol–water partition coefficient (Wildman–Crippen LogP) is 1.79. The number of ketones is 1. The van der Waals surface area contributed by atoms with Crippen LogP contribution in [0.4, 0.5) is 0 Å². The predicted molar refractivity (Wildman–Crippen MR) is 61.7 cm³/mol. The van der Waals surface area contributed by atoms with Crippen LogP contribution in [0.1, 0.15) is 11.6 Å². The van der Waals surface area contributed by atoms with E-state index >= 15 is 0 Å². The van der Waals surface area contributed by atoms with E-state index in [4.69, 9.17) is 0 Å². The molecule has 0 N–H and O–H groups in total. The minimum absolute atomic E-state index is 0.129. The van der Waals surface area contributed by atoms with E-state index in [0.29, 0.717) is 0 Å². The molecule has 0 radical (unpaired) electrons. The van der Waals surface area contributed by atoms with Crippen molar-refractivity contribution in [3.05, 3.63) is 35.9 Å². The molecule has 14 heavy (non-hydrogen) atoms. The Morgan fingerprint density at radius 1 is 1.36 bits per heavy atom. The molecular formula is C11H15NOS. The molecule has 0 heterocycles. The van der Waals surface area contributed by atoms with Crippen molar-refractivity contribution in [1.29, 1.82) is 0 Å². The summed E-state index contributed by atoms with van der Waals surface area (Å²) in [6, 6.07) is 9.59. The number of benzene rings is 1. The molecule has 3 heteroatoms. The molecule has 0 saturated heterocycles. The quantitative estimate of drug-likeness (QED) is 0.763. The van der Waals surface area contributed by atoms with Gasteiger partial charge in [-0.3, -0.25) is 9.69 Å². The van der Waals surface area contributed by atoms with E-state index in [0.717, 1.165) is 5.56 Å². The van der Waals surface area contributed by atoms with E-state index < -0.39 is 0 Å². The summed E-state index contributed by atoms with van der Waals surface area (Å²) in [4.78, 5) is 13.5. The summed E-state index contributed by atoms with van der Waals surface area (Å²) >= 11 is 4.02. The van der Waals surface area contributed by atoms with Crippen LogP contribution < -0.4 is 0 Å². The number of rotatable bonds is 4. The summed E-state index contributed by atoms with van der Waals surface area (Å²) in [5.41, 5.74) is 1.02. The molecule has 1 rings (SSSR count). The Morgan fingerprint density at radius 3 is 2.36 bits per heavy atom. The SMILES string of the molecule is CN(C)C(C(=O)CS)c1ccccc1. The fourth-order valence-corrected chi connectivity index (χ4v) is 1.67. The third-order valence-electron chi connectivity index (χ3n) is 2.09. The van der Waals surface area contributed by atoms with E-state index in [1.165, 1.54) is 0 Å². The zero-order chi connectivity index (χ0) is 10.6. The highest BCUT2D eigenvalue weighted by molar-refractivity contribution is 7.81. The molecular weight excluding hydrogens is 194 g/mol. The van der Waals surface area contributed by atoms with E-state index in [2.05, 4.69) is 12.6 Å². The fourth-order valence-electron chi connectivity index (χ4n) is 1.49. The number of carbonyl (C=O) groups excluding carboxylic acids is 1. The van der Waals surface area contributed by atoms with Gasteiger partial charge >= 0.3 is 0 Å². The van der Waals surface area contributed by atoms with Crippen LogP contribution in [0.25, 0.3) is 0 Å². The number of thiol groups is 1. The van der Waals surface area contributed by atoms with Gasteiger partial charge in [0.2, 0.25) is 0 Å². The van der Waals surface area contributed by atoms with Gasteiger partial charge < -0.3 is 0 Å². The molecule has 0 amide bonds. The zero-order valence-electron chi connectivity index (χ0n) is 8.47. The monoisotopic (exact) mass is 209 g/mol. The van der Waals surface area contributed by atoms with Gasteiger partial charge in [-0.15, -0.1) is 0 Å². The summed E-state index contributed by atoms with van der Waals surface area (Å²) in [6.45, 7) is 0. The first kappa shape index (κ1) is 11.3. The minimum Gasteiger partial charge on any atom is -0.297 e. The van der Waals surface area contributed by atoms with Crippen LogP contribution in [-0.4, -0.2) is 30.5 Å². The average molecular weight is 209 g/mol. The van der Waals surface area contributed by atoms with Gasteiger partial charge in [0.05, 0.1) is 11.8 Å². The number of hydrogen-bond acceptors (Lipinski definition) is 3. The van der Waals surface area contributed by atoms with Crippen molar-refractivity contribution in [2.24, 2.45) is 0 Å². The zero-order valence-corrected chi connectivity index (χ0v) is 9.37. The molecule has 2 nitrogen and oxygen atoms in total. The van der Waals surface area contributed by atoms with Gasteiger partial charge in [-0.05, 0) is 19.7 Å². The summed E-state index contributed by atoms with van der Waals surface area (Å²) in [5, 5.41) is 0. The van der Waals surface area contributed by atoms with Crippen molar-refractivity contribution in [1.82, 2.24) is 4.90 Å². The average Bonchev–Trinajstić information content (AvgIpc) is 2.19. The molecule has 0 aliphatic heterocycles. The largest absolute Gasteiger partial charge is 0.297 e. The topological polar surface area (TPSA) is 20.3 Å². The first-order valence-corrected chi connectivity index (χ1v) is 5.15. The molecule has 0 bridgehead atoms. The molecule has 0 aliphatic rings. The van der Waals surface area contributed by atoms with E-state index in [1.807, 2.05) is 49.3 Å².